The van der Waals surface area contributed by atoms with Gasteiger partial charge in [-0.2, -0.15) is 0 Å². The van der Waals surface area contributed by atoms with E-state index in [1.165, 1.54) is 40.0 Å². The molecule has 0 atom stereocenters. The highest BCUT2D eigenvalue weighted by atomic mass is 32.2. The zero-order chi connectivity index (χ0) is 13.3. The van der Waals surface area contributed by atoms with Crippen LogP contribution in [0, 0.1) is 0 Å². The number of Topliss-reactive ketones (excluding diaryl/α,β-unsaturated/α-hetero) is 1. The molecule has 1 aromatic rings. The van der Waals surface area contributed by atoms with Crippen molar-refractivity contribution in [3.8, 4) is 5.75 Å². The number of ketones is 1. The average molecular weight is 256 g/mol. The van der Waals surface area contributed by atoms with E-state index in [1.807, 2.05) is 0 Å². The van der Waals surface area contributed by atoms with E-state index in [0.29, 0.717) is 5.75 Å². The van der Waals surface area contributed by atoms with Crippen molar-refractivity contribution in [2.45, 2.75) is 30.4 Å². The number of benzene rings is 1. The van der Waals surface area contributed by atoms with Gasteiger partial charge in [-0.3, -0.25) is 4.79 Å². The number of carbonyl (C=O) groups excluding carboxylic acids is 1. The summed E-state index contributed by atoms with van der Waals surface area (Å²) in [6.45, 7) is 4.10. The number of sulfone groups is 1. The van der Waals surface area contributed by atoms with Crippen LogP contribution in [0.25, 0.3) is 0 Å². The van der Waals surface area contributed by atoms with Gasteiger partial charge in [0.25, 0.3) is 0 Å². The molecule has 0 aromatic heterocycles. The first-order valence-electron chi connectivity index (χ1n) is 5.13. The fourth-order valence-electron chi connectivity index (χ4n) is 1.24. The molecule has 0 bridgehead atoms. The third-order valence-electron chi connectivity index (χ3n) is 2.89. The molecule has 94 valence electrons. The molecule has 1 aromatic carbocycles. The van der Waals surface area contributed by atoms with E-state index in [9.17, 15) is 13.2 Å². The summed E-state index contributed by atoms with van der Waals surface area (Å²) in [5, 5.41) is 0. The minimum Gasteiger partial charge on any atom is -0.497 e. The van der Waals surface area contributed by atoms with Gasteiger partial charge in [-0.25, -0.2) is 8.42 Å². The summed E-state index contributed by atoms with van der Waals surface area (Å²) in [5.41, 5.74) is 0. The molecule has 0 saturated heterocycles. The molecule has 0 fully saturated rings. The monoisotopic (exact) mass is 256 g/mol. The molecule has 17 heavy (non-hydrogen) atoms. The van der Waals surface area contributed by atoms with Crippen LogP contribution < -0.4 is 4.74 Å². The van der Waals surface area contributed by atoms with Crippen LogP contribution >= 0.6 is 0 Å². The molecule has 0 aliphatic carbocycles. The molecule has 4 nitrogen and oxygen atoms in total. The van der Waals surface area contributed by atoms with Gasteiger partial charge in [0.2, 0.25) is 0 Å². The van der Waals surface area contributed by atoms with Crippen LogP contribution in [0.4, 0.5) is 0 Å². The first kappa shape index (κ1) is 13.7. The van der Waals surface area contributed by atoms with Gasteiger partial charge in [0.05, 0.1) is 12.0 Å². The zero-order valence-corrected chi connectivity index (χ0v) is 11.2. The van der Waals surface area contributed by atoms with Crippen LogP contribution in [-0.2, 0) is 14.6 Å². The Hall–Kier alpha value is -1.36. The van der Waals surface area contributed by atoms with Crippen molar-refractivity contribution in [3.05, 3.63) is 24.3 Å². The Bertz CT molecular complexity index is 512. The molecular formula is C12H16O4S. The van der Waals surface area contributed by atoms with Crippen molar-refractivity contribution < 1.29 is 17.9 Å². The predicted molar refractivity (Wildman–Crippen MR) is 64.9 cm³/mol. The van der Waals surface area contributed by atoms with E-state index in [0.717, 1.165) is 0 Å². The fourth-order valence-corrected chi connectivity index (χ4v) is 2.70. The third kappa shape index (κ3) is 2.34. The molecule has 0 aliphatic heterocycles. The number of carbonyl (C=O) groups is 1. The van der Waals surface area contributed by atoms with E-state index >= 15 is 0 Å². The second-order valence-electron chi connectivity index (χ2n) is 4.25. The van der Waals surface area contributed by atoms with Crippen molar-refractivity contribution in [2.75, 3.05) is 7.11 Å². The van der Waals surface area contributed by atoms with Gasteiger partial charge in [-0.05, 0) is 45.0 Å². The van der Waals surface area contributed by atoms with Crippen LogP contribution in [0.2, 0.25) is 0 Å². The van der Waals surface area contributed by atoms with Crippen LogP contribution in [0.15, 0.2) is 29.2 Å². The third-order valence-corrected chi connectivity index (χ3v) is 5.41. The lowest BCUT2D eigenvalue weighted by atomic mass is 10.1. The van der Waals surface area contributed by atoms with E-state index in [2.05, 4.69) is 0 Å². The SMILES string of the molecule is COc1ccc(S(=O)(=O)C(C)(C)C(C)=O)cc1. The largest absolute Gasteiger partial charge is 0.497 e. The highest BCUT2D eigenvalue weighted by Crippen LogP contribution is 2.27. The quantitative estimate of drug-likeness (QED) is 0.824. The second-order valence-corrected chi connectivity index (χ2v) is 6.74. The number of hydrogen-bond acceptors (Lipinski definition) is 4. The summed E-state index contributed by atoms with van der Waals surface area (Å²) >= 11 is 0. The van der Waals surface area contributed by atoms with Crippen molar-refractivity contribution in [2.24, 2.45) is 0 Å². The summed E-state index contributed by atoms with van der Waals surface area (Å²) < 4.78 is 28.0. The first-order valence-corrected chi connectivity index (χ1v) is 6.61. The van der Waals surface area contributed by atoms with Gasteiger partial charge in [-0.15, -0.1) is 0 Å². The van der Waals surface area contributed by atoms with Crippen LogP contribution in [-0.4, -0.2) is 26.1 Å². The number of hydrogen-bond donors (Lipinski definition) is 0. The molecule has 0 aliphatic rings. The maximum absolute atomic E-state index is 12.2. The van der Waals surface area contributed by atoms with E-state index in [4.69, 9.17) is 4.74 Å². The Kier molecular flexibility index (Phi) is 3.62. The number of ether oxygens (including phenoxy) is 1. The molecule has 0 saturated carbocycles. The van der Waals surface area contributed by atoms with Crippen LogP contribution in [0.5, 0.6) is 5.75 Å². The van der Waals surface area contributed by atoms with Gasteiger partial charge >= 0.3 is 0 Å². The average Bonchev–Trinajstić information content (AvgIpc) is 2.28. The standard InChI is InChI=1S/C12H16O4S/c1-9(13)12(2,3)17(14,15)11-7-5-10(16-4)6-8-11/h5-8H,1-4H3. The normalized spacial score (nSPS) is 12.2. The predicted octanol–water partition coefficient (Wildman–Crippen LogP) is 1.84. The molecule has 0 unspecified atom stereocenters. The molecule has 0 heterocycles. The highest BCUT2D eigenvalue weighted by Gasteiger charge is 2.39. The summed E-state index contributed by atoms with van der Waals surface area (Å²) in [6, 6.07) is 6.00. The minimum absolute atomic E-state index is 0.124. The lowest BCUT2D eigenvalue weighted by molar-refractivity contribution is -0.118. The first-order chi connectivity index (χ1) is 7.73. The topological polar surface area (TPSA) is 60.4 Å². The van der Waals surface area contributed by atoms with Crippen molar-refractivity contribution in [1.82, 2.24) is 0 Å². The van der Waals surface area contributed by atoms with Crippen LogP contribution in [0.1, 0.15) is 20.8 Å². The van der Waals surface area contributed by atoms with E-state index in [1.54, 1.807) is 12.1 Å². The van der Waals surface area contributed by atoms with Crippen molar-refractivity contribution >= 4 is 15.6 Å². The van der Waals surface area contributed by atoms with Crippen molar-refractivity contribution in [3.63, 3.8) is 0 Å². The number of methoxy groups -OCH3 is 1. The lowest BCUT2D eigenvalue weighted by Gasteiger charge is -2.21. The zero-order valence-electron chi connectivity index (χ0n) is 10.4. The minimum atomic E-state index is -3.67. The van der Waals surface area contributed by atoms with Crippen LogP contribution in [0.3, 0.4) is 0 Å². The molecule has 0 spiro atoms. The lowest BCUT2D eigenvalue weighted by Crippen LogP contribution is -2.39. The Morgan fingerprint density at radius 2 is 1.65 bits per heavy atom. The van der Waals surface area contributed by atoms with E-state index < -0.39 is 14.6 Å². The fraction of sp³-hybridized carbons (Fsp3) is 0.417. The summed E-state index contributed by atoms with van der Waals surface area (Å²) in [6.07, 6.45) is 0. The Balaban J connectivity index is 3.27. The molecule has 0 radical (unpaired) electrons. The molecule has 1 rings (SSSR count). The smallest absolute Gasteiger partial charge is 0.190 e. The Morgan fingerprint density at radius 3 is 2.00 bits per heavy atom. The summed E-state index contributed by atoms with van der Waals surface area (Å²) in [5.74, 6) is 0.192. The highest BCUT2D eigenvalue weighted by molar-refractivity contribution is 7.93. The maximum atomic E-state index is 12.2. The van der Waals surface area contributed by atoms with Gasteiger partial charge < -0.3 is 4.74 Å². The molecular weight excluding hydrogens is 240 g/mol. The van der Waals surface area contributed by atoms with E-state index in [-0.39, 0.29) is 10.7 Å². The molecule has 0 N–H and O–H groups in total. The molecule has 5 heteroatoms. The number of rotatable bonds is 4. The second kappa shape index (κ2) is 4.49. The Morgan fingerprint density at radius 1 is 1.18 bits per heavy atom. The van der Waals surface area contributed by atoms with Gasteiger partial charge in [0.15, 0.2) is 15.6 Å². The van der Waals surface area contributed by atoms with Gasteiger partial charge in [-0.1, -0.05) is 0 Å². The maximum Gasteiger partial charge on any atom is 0.190 e. The Labute approximate surface area is 102 Å². The van der Waals surface area contributed by atoms with Gasteiger partial charge in [0.1, 0.15) is 10.5 Å². The van der Waals surface area contributed by atoms with Crippen molar-refractivity contribution in [1.29, 1.82) is 0 Å². The summed E-state index contributed by atoms with van der Waals surface area (Å²) in [4.78, 5) is 11.5. The summed E-state index contributed by atoms with van der Waals surface area (Å²) in [7, 11) is -2.16. The molecule has 0 amide bonds. The van der Waals surface area contributed by atoms with Gasteiger partial charge in [0, 0.05) is 0 Å².